The summed E-state index contributed by atoms with van der Waals surface area (Å²) in [6.45, 7) is 3.08. The Hall–Kier alpha value is -1.90. The highest BCUT2D eigenvalue weighted by Crippen LogP contribution is 2.28. The predicted molar refractivity (Wildman–Crippen MR) is 140 cm³/mol. The van der Waals surface area contributed by atoms with E-state index in [9.17, 15) is 0 Å². The van der Waals surface area contributed by atoms with E-state index >= 15 is 0 Å². The van der Waals surface area contributed by atoms with E-state index < -0.39 is 0 Å². The zero-order chi connectivity index (χ0) is 23.0. The Morgan fingerprint density at radius 3 is 2.15 bits per heavy atom. The van der Waals surface area contributed by atoms with Crippen LogP contribution in [-0.4, -0.2) is 16.6 Å². The molecule has 0 saturated heterocycles. The lowest BCUT2D eigenvalue weighted by molar-refractivity contribution is 0.293. The first kappa shape index (κ1) is 25.7. The van der Waals surface area contributed by atoms with Gasteiger partial charge in [-0.3, -0.25) is 0 Å². The van der Waals surface area contributed by atoms with Crippen LogP contribution in [0.1, 0.15) is 115 Å². The fraction of sp³-hybridized carbons (Fsp3) is 0.667. The van der Waals surface area contributed by atoms with Crippen molar-refractivity contribution in [3.8, 4) is 17.1 Å². The fourth-order valence-corrected chi connectivity index (χ4v) is 5.00. The number of ether oxygens (including phenoxy) is 1. The molecule has 33 heavy (non-hydrogen) atoms. The molecule has 2 aromatic rings. The van der Waals surface area contributed by atoms with Gasteiger partial charge in [-0.25, -0.2) is 9.97 Å². The summed E-state index contributed by atoms with van der Waals surface area (Å²) in [5, 5.41) is 0. The summed E-state index contributed by atoms with van der Waals surface area (Å²) in [4.78, 5) is 9.20. The molecule has 0 bridgehead atoms. The number of hydrogen-bond donors (Lipinski definition) is 0. The molecule has 182 valence electrons. The molecule has 3 rings (SSSR count). The lowest BCUT2D eigenvalue weighted by Crippen LogP contribution is -2.06. The van der Waals surface area contributed by atoms with Crippen LogP contribution in [0.15, 0.2) is 36.7 Å². The molecule has 1 aliphatic carbocycles. The van der Waals surface area contributed by atoms with Crippen LogP contribution in [-0.2, 0) is 6.42 Å². The highest BCUT2D eigenvalue weighted by Gasteiger charge is 2.12. The summed E-state index contributed by atoms with van der Waals surface area (Å²) in [7, 11) is 0. The van der Waals surface area contributed by atoms with Gasteiger partial charge in [-0.1, -0.05) is 96.8 Å². The summed E-state index contributed by atoms with van der Waals surface area (Å²) >= 11 is 0. The molecule has 1 aromatic carbocycles. The molecule has 3 heteroatoms. The second-order valence-electron chi connectivity index (χ2n) is 10.0. The van der Waals surface area contributed by atoms with Crippen LogP contribution in [0.3, 0.4) is 0 Å². The maximum absolute atomic E-state index is 5.95. The Morgan fingerprint density at radius 1 is 0.758 bits per heavy atom. The zero-order valence-corrected chi connectivity index (χ0v) is 21.1. The normalized spacial score (nSPS) is 14.5. The van der Waals surface area contributed by atoms with Gasteiger partial charge in [0.15, 0.2) is 5.82 Å². The standard InChI is InChI=1S/C30H46N2O/c1-2-3-4-5-6-7-10-18-27-24-31-30(32-25-27)28-19-21-29(22-20-28)33-23-14-9-13-17-26-15-11-8-12-16-26/h19-22,24-26H,2-18,23H2,1H3. The van der Waals surface area contributed by atoms with E-state index in [1.807, 2.05) is 24.5 Å². The third-order valence-corrected chi connectivity index (χ3v) is 7.14. The van der Waals surface area contributed by atoms with E-state index in [1.54, 1.807) is 0 Å². The maximum Gasteiger partial charge on any atom is 0.159 e. The van der Waals surface area contributed by atoms with Crippen LogP contribution < -0.4 is 4.74 Å². The molecular weight excluding hydrogens is 404 g/mol. The molecule has 1 aliphatic rings. The molecule has 1 fully saturated rings. The first-order valence-corrected chi connectivity index (χ1v) is 13.9. The highest BCUT2D eigenvalue weighted by molar-refractivity contribution is 5.55. The Bertz CT molecular complexity index is 735. The number of rotatable bonds is 16. The third kappa shape index (κ3) is 10.3. The van der Waals surface area contributed by atoms with Crippen molar-refractivity contribution in [1.82, 2.24) is 9.97 Å². The van der Waals surface area contributed by atoms with Crippen molar-refractivity contribution in [3.63, 3.8) is 0 Å². The number of hydrogen-bond acceptors (Lipinski definition) is 3. The van der Waals surface area contributed by atoms with Crippen molar-refractivity contribution in [1.29, 1.82) is 0 Å². The Kier molecular flexibility index (Phi) is 12.4. The molecule has 1 aromatic heterocycles. The van der Waals surface area contributed by atoms with E-state index in [2.05, 4.69) is 29.0 Å². The molecule has 0 unspecified atom stereocenters. The van der Waals surface area contributed by atoms with Gasteiger partial charge in [0.2, 0.25) is 0 Å². The summed E-state index contributed by atoms with van der Waals surface area (Å²) in [6.07, 6.45) is 27.0. The lowest BCUT2D eigenvalue weighted by atomic mass is 9.86. The molecule has 0 amide bonds. The van der Waals surface area contributed by atoms with Crippen LogP contribution in [0, 0.1) is 5.92 Å². The molecule has 1 heterocycles. The summed E-state index contributed by atoms with van der Waals surface area (Å²) in [5.74, 6) is 2.75. The van der Waals surface area contributed by atoms with Gasteiger partial charge >= 0.3 is 0 Å². The van der Waals surface area contributed by atoms with Crippen molar-refractivity contribution in [3.05, 3.63) is 42.2 Å². The zero-order valence-electron chi connectivity index (χ0n) is 21.1. The lowest BCUT2D eigenvalue weighted by Gasteiger charge is -2.21. The first-order chi connectivity index (χ1) is 16.3. The number of aryl methyl sites for hydroxylation is 1. The molecule has 0 aliphatic heterocycles. The molecule has 3 nitrogen and oxygen atoms in total. The van der Waals surface area contributed by atoms with Gasteiger partial charge in [0.25, 0.3) is 0 Å². The summed E-state index contributed by atoms with van der Waals surface area (Å²) in [5.41, 5.74) is 2.30. The van der Waals surface area contributed by atoms with Gasteiger partial charge in [0, 0.05) is 18.0 Å². The second-order valence-corrected chi connectivity index (χ2v) is 10.0. The minimum Gasteiger partial charge on any atom is -0.494 e. The summed E-state index contributed by atoms with van der Waals surface area (Å²) in [6, 6.07) is 8.24. The topological polar surface area (TPSA) is 35.0 Å². The van der Waals surface area contributed by atoms with Crippen molar-refractivity contribution in [2.75, 3.05) is 6.61 Å². The van der Waals surface area contributed by atoms with E-state index in [0.29, 0.717) is 0 Å². The van der Waals surface area contributed by atoms with E-state index in [0.717, 1.165) is 42.5 Å². The first-order valence-electron chi connectivity index (χ1n) is 13.9. The minimum absolute atomic E-state index is 0.799. The van der Waals surface area contributed by atoms with E-state index in [1.165, 1.54) is 102 Å². The number of nitrogens with zero attached hydrogens (tertiary/aromatic N) is 2. The monoisotopic (exact) mass is 450 g/mol. The smallest absolute Gasteiger partial charge is 0.159 e. The summed E-state index contributed by atoms with van der Waals surface area (Å²) < 4.78 is 5.95. The van der Waals surface area contributed by atoms with Crippen LogP contribution in [0.4, 0.5) is 0 Å². The van der Waals surface area contributed by atoms with Gasteiger partial charge in [0.05, 0.1) is 6.61 Å². The second kappa shape index (κ2) is 15.9. The molecular formula is C30H46N2O. The van der Waals surface area contributed by atoms with Gasteiger partial charge in [0.1, 0.15) is 5.75 Å². The highest BCUT2D eigenvalue weighted by atomic mass is 16.5. The predicted octanol–water partition coefficient (Wildman–Crippen LogP) is 8.96. The van der Waals surface area contributed by atoms with Gasteiger partial charge in [-0.2, -0.15) is 0 Å². The van der Waals surface area contributed by atoms with Gasteiger partial charge in [-0.05, 0) is 55.0 Å². The maximum atomic E-state index is 5.95. The Labute approximate surface area is 202 Å². The van der Waals surface area contributed by atoms with Crippen molar-refractivity contribution in [2.24, 2.45) is 5.92 Å². The average molecular weight is 451 g/mol. The minimum atomic E-state index is 0.799. The van der Waals surface area contributed by atoms with E-state index in [-0.39, 0.29) is 0 Å². The van der Waals surface area contributed by atoms with Crippen LogP contribution in [0.2, 0.25) is 0 Å². The van der Waals surface area contributed by atoms with Gasteiger partial charge in [-0.15, -0.1) is 0 Å². The Morgan fingerprint density at radius 2 is 1.42 bits per heavy atom. The quantitative estimate of drug-likeness (QED) is 0.239. The molecule has 0 atom stereocenters. The molecule has 0 spiro atoms. The van der Waals surface area contributed by atoms with Crippen molar-refractivity contribution in [2.45, 2.75) is 116 Å². The average Bonchev–Trinajstić information content (AvgIpc) is 2.87. The fourth-order valence-electron chi connectivity index (χ4n) is 5.00. The van der Waals surface area contributed by atoms with Crippen LogP contribution in [0.5, 0.6) is 5.75 Å². The number of unbranched alkanes of at least 4 members (excludes halogenated alkanes) is 8. The Balaban J connectivity index is 1.29. The van der Waals surface area contributed by atoms with Gasteiger partial charge < -0.3 is 4.74 Å². The molecule has 0 radical (unpaired) electrons. The SMILES string of the molecule is CCCCCCCCCc1cnc(-c2ccc(OCCCCCC3CCCCC3)cc2)nc1. The molecule has 1 saturated carbocycles. The van der Waals surface area contributed by atoms with Crippen molar-refractivity contribution >= 4 is 0 Å². The largest absolute Gasteiger partial charge is 0.494 e. The van der Waals surface area contributed by atoms with Crippen molar-refractivity contribution < 1.29 is 4.74 Å². The third-order valence-electron chi connectivity index (χ3n) is 7.14. The van der Waals surface area contributed by atoms with E-state index in [4.69, 9.17) is 4.74 Å². The number of aromatic nitrogens is 2. The number of benzene rings is 1. The van der Waals surface area contributed by atoms with Crippen LogP contribution in [0.25, 0.3) is 11.4 Å². The van der Waals surface area contributed by atoms with Crippen LogP contribution >= 0.6 is 0 Å². The molecule has 0 N–H and O–H groups in total.